The third-order valence-corrected chi connectivity index (χ3v) is 1.14. The molecular formula is C4H4F2O4S. The highest BCUT2D eigenvalue weighted by Gasteiger charge is 2.07. The quantitative estimate of drug-likeness (QED) is 0.618. The Kier molecular flexibility index (Phi) is 4.20. The van der Waals surface area contributed by atoms with Gasteiger partial charge in [0.05, 0.1) is 0 Å². The lowest BCUT2D eigenvalue weighted by Crippen LogP contribution is -2.01. The van der Waals surface area contributed by atoms with Gasteiger partial charge in [-0.25, -0.2) is 8.78 Å². The van der Waals surface area contributed by atoms with Crippen LogP contribution >= 0.6 is 0 Å². The zero-order valence-corrected chi connectivity index (χ0v) is 5.92. The van der Waals surface area contributed by atoms with E-state index >= 15 is 0 Å². The summed E-state index contributed by atoms with van der Waals surface area (Å²) in [6.07, 6.45) is 0.170. The van der Waals surface area contributed by atoms with Crippen LogP contribution in [0, 0.1) is 0 Å². The number of rotatable bonds is 4. The minimum Gasteiger partial charge on any atom is -0.358 e. The van der Waals surface area contributed by atoms with Gasteiger partial charge in [0.15, 0.2) is 0 Å². The van der Waals surface area contributed by atoms with E-state index in [4.69, 9.17) is 0 Å². The lowest BCUT2D eigenvalue weighted by molar-refractivity contribution is 0.329. The molecule has 0 aliphatic heterocycles. The molecule has 0 amide bonds. The molecule has 0 N–H and O–H groups in total. The van der Waals surface area contributed by atoms with Crippen molar-refractivity contribution in [3.05, 3.63) is 25.2 Å². The Morgan fingerprint density at radius 3 is 1.64 bits per heavy atom. The summed E-state index contributed by atoms with van der Waals surface area (Å²) >= 11 is 0. The van der Waals surface area contributed by atoms with E-state index in [0.717, 1.165) is 0 Å². The van der Waals surface area contributed by atoms with Gasteiger partial charge in [-0.1, -0.05) is 0 Å². The molecule has 0 aliphatic carbocycles. The second-order valence-corrected chi connectivity index (χ2v) is 2.33. The summed E-state index contributed by atoms with van der Waals surface area (Å²) in [4.78, 5) is 0. The maximum absolute atomic E-state index is 11.1. The molecule has 11 heavy (non-hydrogen) atoms. The highest BCUT2D eigenvalue weighted by molar-refractivity contribution is 7.82. The summed E-state index contributed by atoms with van der Waals surface area (Å²) in [7, 11) is -4.36. The SMILES string of the molecule is O=S(=O)(O/C=C/F)O/C=C/F. The minimum atomic E-state index is -4.36. The minimum absolute atomic E-state index is 0.153. The van der Waals surface area contributed by atoms with Crippen molar-refractivity contribution in [3.8, 4) is 0 Å². The first-order valence-electron chi connectivity index (χ1n) is 2.24. The summed E-state index contributed by atoms with van der Waals surface area (Å²) in [6, 6.07) is 0. The molecule has 0 spiro atoms. The second kappa shape index (κ2) is 4.67. The molecule has 0 bridgehead atoms. The van der Waals surface area contributed by atoms with Crippen molar-refractivity contribution in [1.29, 1.82) is 0 Å². The van der Waals surface area contributed by atoms with Gasteiger partial charge in [0.1, 0.15) is 25.2 Å². The summed E-state index contributed by atoms with van der Waals surface area (Å²) in [5, 5.41) is 0. The average Bonchev–Trinajstić information content (AvgIpc) is 1.97. The summed E-state index contributed by atoms with van der Waals surface area (Å²) in [5.41, 5.74) is 0. The molecule has 0 rings (SSSR count). The monoisotopic (exact) mass is 186 g/mol. The standard InChI is InChI=1S/C4H4F2O4S/c5-1-3-9-11(7,8)10-4-2-6/h1-4H/b3-1+,4-2+. The van der Waals surface area contributed by atoms with Crippen molar-refractivity contribution in [2.75, 3.05) is 0 Å². The maximum Gasteiger partial charge on any atom is 0.499 e. The van der Waals surface area contributed by atoms with Crippen LogP contribution in [-0.4, -0.2) is 8.42 Å². The van der Waals surface area contributed by atoms with E-state index < -0.39 is 10.4 Å². The molecule has 0 aromatic heterocycles. The molecule has 0 aromatic carbocycles. The molecule has 0 heterocycles. The highest BCUT2D eigenvalue weighted by atomic mass is 32.3. The van der Waals surface area contributed by atoms with E-state index in [-0.39, 0.29) is 25.2 Å². The fraction of sp³-hybridized carbons (Fsp3) is 0. The van der Waals surface area contributed by atoms with Crippen LogP contribution in [0.25, 0.3) is 0 Å². The number of hydrogen-bond acceptors (Lipinski definition) is 4. The van der Waals surface area contributed by atoms with E-state index in [9.17, 15) is 17.2 Å². The van der Waals surface area contributed by atoms with Crippen LogP contribution in [0.15, 0.2) is 25.2 Å². The Balaban J connectivity index is 4.02. The molecule has 4 nitrogen and oxygen atoms in total. The van der Waals surface area contributed by atoms with E-state index in [0.29, 0.717) is 0 Å². The third kappa shape index (κ3) is 5.34. The molecule has 0 saturated heterocycles. The Bertz CT molecular complexity index is 223. The maximum atomic E-state index is 11.1. The van der Waals surface area contributed by atoms with Crippen LogP contribution in [0.3, 0.4) is 0 Å². The van der Waals surface area contributed by atoms with Crippen LogP contribution in [0.4, 0.5) is 8.78 Å². The predicted octanol–water partition coefficient (Wildman–Crippen LogP) is 1.15. The molecule has 0 aliphatic rings. The third-order valence-electron chi connectivity index (χ3n) is 0.450. The summed E-state index contributed by atoms with van der Waals surface area (Å²) in [6.45, 7) is 0. The summed E-state index contributed by atoms with van der Waals surface area (Å²) in [5.74, 6) is 0. The normalized spacial score (nSPS) is 12.5. The first kappa shape index (κ1) is 9.89. The molecule has 64 valence electrons. The van der Waals surface area contributed by atoms with Crippen LogP contribution < -0.4 is 0 Å². The first-order valence-corrected chi connectivity index (χ1v) is 3.57. The van der Waals surface area contributed by atoms with Gasteiger partial charge in [0, 0.05) is 0 Å². The number of hydrogen-bond donors (Lipinski definition) is 0. The van der Waals surface area contributed by atoms with Crippen LogP contribution in [-0.2, 0) is 18.8 Å². The van der Waals surface area contributed by atoms with E-state index in [1.54, 1.807) is 0 Å². The zero-order valence-electron chi connectivity index (χ0n) is 5.11. The van der Waals surface area contributed by atoms with E-state index in [1.807, 2.05) is 0 Å². The van der Waals surface area contributed by atoms with Crippen molar-refractivity contribution < 1.29 is 25.6 Å². The molecule has 0 radical (unpaired) electrons. The molecule has 0 atom stereocenters. The molecule has 0 saturated carbocycles. The van der Waals surface area contributed by atoms with E-state index in [1.165, 1.54) is 0 Å². The Morgan fingerprint density at radius 2 is 1.36 bits per heavy atom. The Morgan fingerprint density at radius 1 is 1.00 bits per heavy atom. The fourth-order valence-corrected chi connectivity index (χ4v) is 0.602. The molecule has 7 heteroatoms. The zero-order chi connectivity index (χ0) is 8.74. The van der Waals surface area contributed by atoms with Gasteiger partial charge in [-0.2, -0.15) is 0 Å². The topological polar surface area (TPSA) is 52.6 Å². The van der Waals surface area contributed by atoms with Crippen molar-refractivity contribution in [2.45, 2.75) is 0 Å². The van der Waals surface area contributed by atoms with Crippen molar-refractivity contribution in [1.82, 2.24) is 0 Å². The van der Waals surface area contributed by atoms with E-state index in [2.05, 4.69) is 8.37 Å². The first-order chi connectivity index (χ1) is 5.12. The molecule has 0 aromatic rings. The molecular weight excluding hydrogens is 182 g/mol. The highest BCUT2D eigenvalue weighted by Crippen LogP contribution is 1.97. The van der Waals surface area contributed by atoms with Gasteiger partial charge >= 0.3 is 10.4 Å². The van der Waals surface area contributed by atoms with Gasteiger partial charge in [0.25, 0.3) is 0 Å². The fourth-order valence-electron chi connectivity index (χ4n) is 0.201. The van der Waals surface area contributed by atoms with Crippen molar-refractivity contribution in [3.63, 3.8) is 0 Å². The van der Waals surface area contributed by atoms with Crippen LogP contribution in [0.2, 0.25) is 0 Å². The lowest BCUT2D eigenvalue weighted by Gasteiger charge is -1.96. The largest absolute Gasteiger partial charge is 0.499 e. The van der Waals surface area contributed by atoms with Crippen LogP contribution in [0.1, 0.15) is 0 Å². The Hall–Kier alpha value is -1.11. The second-order valence-electron chi connectivity index (χ2n) is 1.12. The van der Waals surface area contributed by atoms with Gasteiger partial charge in [0.2, 0.25) is 0 Å². The van der Waals surface area contributed by atoms with Gasteiger partial charge < -0.3 is 8.37 Å². The van der Waals surface area contributed by atoms with Gasteiger partial charge in [-0.15, -0.1) is 8.42 Å². The van der Waals surface area contributed by atoms with Crippen molar-refractivity contribution in [2.24, 2.45) is 0 Å². The molecule has 0 fully saturated rings. The predicted molar refractivity (Wildman–Crippen MR) is 31.6 cm³/mol. The summed E-state index contributed by atoms with van der Waals surface area (Å²) < 4.78 is 50.1. The molecule has 0 unspecified atom stereocenters. The van der Waals surface area contributed by atoms with Crippen molar-refractivity contribution >= 4 is 10.4 Å². The van der Waals surface area contributed by atoms with Crippen LogP contribution in [0.5, 0.6) is 0 Å². The number of halogens is 2. The smallest absolute Gasteiger partial charge is 0.358 e. The Labute approximate surface area is 62.1 Å². The van der Waals surface area contributed by atoms with Gasteiger partial charge in [-0.3, -0.25) is 0 Å². The van der Waals surface area contributed by atoms with Gasteiger partial charge in [-0.05, 0) is 0 Å². The average molecular weight is 186 g/mol. The lowest BCUT2D eigenvalue weighted by atomic mass is 11.1.